The molecule has 0 aliphatic heterocycles. The number of furan rings is 4. The third kappa shape index (κ3) is 20.4. The van der Waals surface area contributed by atoms with Gasteiger partial charge < -0.3 is 64.1 Å². The van der Waals surface area contributed by atoms with E-state index in [1.807, 2.05) is 93.6 Å². The van der Waals surface area contributed by atoms with Crippen molar-refractivity contribution in [3.8, 4) is 52.1 Å². The van der Waals surface area contributed by atoms with Crippen LogP contribution in [0.3, 0.4) is 0 Å². The molecule has 0 saturated carbocycles. The van der Waals surface area contributed by atoms with Crippen molar-refractivity contribution in [2.75, 3.05) is 28.4 Å². The summed E-state index contributed by atoms with van der Waals surface area (Å²) in [5.41, 5.74) is 11.9. The number of aromatic nitrogens is 8. The molecular formula is C86H82N12O13. The number of carboxylic acid groups (broad SMARTS) is 4. The Morgan fingerprint density at radius 2 is 0.712 bits per heavy atom. The van der Waals surface area contributed by atoms with Gasteiger partial charge in [0, 0.05) is 62.1 Å². The van der Waals surface area contributed by atoms with Crippen LogP contribution in [0.4, 0.5) is 46.0 Å². The number of allylic oxidation sites excluding steroid dienone is 4. The van der Waals surface area contributed by atoms with Crippen molar-refractivity contribution in [3.05, 3.63) is 295 Å². The molecule has 13 aromatic rings. The van der Waals surface area contributed by atoms with E-state index < -0.39 is 23.9 Å². The number of hydrogen-bond donors (Lipinski definition) is 8. The SMILES string of the molecule is C=CCc1c(CC)nc(-c2ccco2)nc1Nc1ccc(C(=O)O)cc1.C=CCc1c(CC)nc(-c2ccco2)nc1Nc1ccc(C(=O)O)cc1OC.C=CCc1c(CC)nc(-c2ccco2)nc1Nc1ccc(CC(=O)O)cc1.C=CCc1c(CC)nc(-c2ccco2)nc1Nc1ccc2cc(C(=O)O)ccc2c1. The predicted molar refractivity (Wildman–Crippen MR) is 427 cm³/mol. The average Bonchev–Trinajstić information content (AvgIpc) is 1.10. The molecule has 25 nitrogen and oxygen atoms in total. The fraction of sp³-hybridized carbons (Fsp3) is 0.163. The Morgan fingerprint density at radius 1 is 0.387 bits per heavy atom. The highest BCUT2D eigenvalue weighted by atomic mass is 16.5. The number of carbonyl (C=O) groups is 4. The quantitative estimate of drug-likeness (QED) is 0.0194. The van der Waals surface area contributed by atoms with Crippen molar-refractivity contribution < 1.29 is 62.0 Å². The van der Waals surface area contributed by atoms with Gasteiger partial charge in [0.15, 0.2) is 46.3 Å². The molecule has 8 aromatic heterocycles. The first-order chi connectivity index (χ1) is 53.9. The molecule has 0 amide bonds. The Hall–Kier alpha value is -14.4. The molecule has 8 heterocycles. The van der Waals surface area contributed by atoms with E-state index in [0.717, 1.165) is 97.7 Å². The molecule has 0 unspecified atom stereocenters. The molecule has 0 atom stereocenters. The van der Waals surface area contributed by atoms with Crippen LogP contribution in [0, 0.1) is 0 Å². The van der Waals surface area contributed by atoms with Crippen LogP contribution < -0.4 is 26.0 Å². The number of methoxy groups -OCH3 is 1. The molecule has 0 aliphatic rings. The zero-order chi connectivity index (χ0) is 78.9. The van der Waals surface area contributed by atoms with E-state index in [1.54, 1.807) is 116 Å². The second-order valence-electron chi connectivity index (χ2n) is 24.5. The lowest BCUT2D eigenvalue weighted by Gasteiger charge is -2.16. The molecule has 0 radical (unpaired) electrons. The monoisotopic (exact) mass is 1490 g/mol. The van der Waals surface area contributed by atoms with E-state index in [0.29, 0.717) is 113 Å². The number of carboxylic acids is 4. The highest BCUT2D eigenvalue weighted by Gasteiger charge is 2.22. The normalized spacial score (nSPS) is 10.6. The molecule has 0 spiro atoms. The Kier molecular flexibility index (Phi) is 27.3. The summed E-state index contributed by atoms with van der Waals surface area (Å²) < 4.78 is 27.2. The molecule has 0 fully saturated rings. The fourth-order valence-electron chi connectivity index (χ4n) is 11.7. The molecule has 0 bridgehead atoms. The molecule has 564 valence electrons. The minimum atomic E-state index is -1.02. The van der Waals surface area contributed by atoms with Crippen LogP contribution >= 0.6 is 0 Å². The fourth-order valence-corrected chi connectivity index (χ4v) is 11.7. The van der Waals surface area contributed by atoms with Crippen LogP contribution in [0.25, 0.3) is 57.1 Å². The van der Waals surface area contributed by atoms with Crippen molar-refractivity contribution in [3.63, 3.8) is 0 Å². The summed E-state index contributed by atoms with van der Waals surface area (Å²) in [7, 11) is 1.49. The van der Waals surface area contributed by atoms with Crippen molar-refractivity contribution in [2.24, 2.45) is 0 Å². The van der Waals surface area contributed by atoms with Crippen LogP contribution in [0.1, 0.15) is 109 Å². The first kappa shape index (κ1) is 79.2. The van der Waals surface area contributed by atoms with Crippen molar-refractivity contribution in [1.82, 2.24) is 39.9 Å². The van der Waals surface area contributed by atoms with Gasteiger partial charge in [-0.1, -0.05) is 76.3 Å². The van der Waals surface area contributed by atoms with Crippen LogP contribution in [-0.2, 0) is 62.6 Å². The molecule has 0 saturated heterocycles. The van der Waals surface area contributed by atoms with E-state index in [4.69, 9.17) is 37.6 Å². The summed E-state index contributed by atoms with van der Waals surface area (Å²) in [5, 5.41) is 51.4. The van der Waals surface area contributed by atoms with Gasteiger partial charge in [-0.25, -0.2) is 54.3 Å². The average molecular weight is 1490 g/mol. The Bertz CT molecular complexity index is 5410. The summed E-state index contributed by atoms with van der Waals surface area (Å²) in [6.45, 7) is 23.5. The molecule has 25 heteroatoms. The van der Waals surface area contributed by atoms with E-state index in [2.05, 4.69) is 89.4 Å². The molecule has 8 N–H and O–H groups in total. The smallest absolute Gasteiger partial charge is 0.335 e. The van der Waals surface area contributed by atoms with Crippen molar-refractivity contribution in [2.45, 2.75) is 85.5 Å². The number of benzene rings is 5. The third-order valence-electron chi connectivity index (χ3n) is 17.1. The van der Waals surface area contributed by atoms with Crippen LogP contribution in [0.5, 0.6) is 5.75 Å². The summed E-state index contributed by atoms with van der Waals surface area (Å²) >= 11 is 0. The maximum Gasteiger partial charge on any atom is 0.335 e. The number of ether oxygens (including phenoxy) is 1. The largest absolute Gasteiger partial charge is 0.495 e. The first-order valence-electron chi connectivity index (χ1n) is 35.5. The predicted octanol–water partition coefficient (Wildman–Crippen LogP) is 19.0. The summed E-state index contributed by atoms with van der Waals surface area (Å²) in [4.78, 5) is 81.5. The maximum atomic E-state index is 11.2. The Balaban J connectivity index is 0.000000157. The zero-order valence-corrected chi connectivity index (χ0v) is 61.8. The van der Waals surface area contributed by atoms with E-state index in [-0.39, 0.29) is 23.1 Å². The lowest BCUT2D eigenvalue weighted by molar-refractivity contribution is -0.136. The summed E-state index contributed by atoms with van der Waals surface area (Å²) in [5.74, 6) is 3.68. The maximum absolute atomic E-state index is 11.2. The Morgan fingerprint density at radius 3 is 1.05 bits per heavy atom. The second kappa shape index (κ2) is 38.3. The van der Waals surface area contributed by atoms with E-state index >= 15 is 0 Å². The molecule has 111 heavy (non-hydrogen) atoms. The van der Waals surface area contributed by atoms with Crippen LogP contribution in [0.2, 0.25) is 0 Å². The summed E-state index contributed by atoms with van der Waals surface area (Å²) in [6.07, 6.45) is 19.1. The van der Waals surface area contributed by atoms with Gasteiger partial charge >= 0.3 is 23.9 Å². The third-order valence-corrected chi connectivity index (χ3v) is 17.1. The van der Waals surface area contributed by atoms with Gasteiger partial charge in [-0.05, 0) is 195 Å². The van der Waals surface area contributed by atoms with Gasteiger partial charge in [-0.15, -0.1) is 26.3 Å². The lowest BCUT2D eigenvalue weighted by atomic mass is 10.1. The second-order valence-corrected chi connectivity index (χ2v) is 24.5. The number of hydrogen-bond acceptors (Lipinski definition) is 21. The number of fused-ring (bicyclic) bond motifs is 1. The highest BCUT2D eigenvalue weighted by molar-refractivity contribution is 5.96. The van der Waals surface area contributed by atoms with Crippen LogP contribution in [0.15, 0.2) is 245 Å². The van der Waals surface area contributed by atoms with Crippen molar-refractivity contribution in [1.29, 1.82) is 0 Å². The van der Waals surface area contributed by atoms with Gasteiger partial charge in [-0.3, -0.25) is 4.79 Å². The Labute approximate surface area is 640 Å². The number of anilines is 8. The minimum absolute atomic E-state index is 0.00186. The van der Waals surface area contributed by atoms with Gasteiger partial charge in [0.05, 0.1) is 61.0 Å². The topological polar surface area (TPSA) is 362 Å². The number of aromatic carboxylic acids is 3. The zero-order valence-electron chi connectivity index (χ0n) is 61.8. The van der Waals surface area contributed by atoms with Gasteiger partial charge in [-0.2, -0.15) is 0 Å². The minimum Gasteiger partial charge on any atom is -0.495 e. The standard InChI is InChI=1S/C24H21N3O3.C21H21N3O4.C21H21N3O3.C20H19N3O3/c1-3-6-19-20(4-2)26-23(21-7-5-12-30-21)27-22(19)25-18-11-10-15-13-17(24(28)29)9-8-16(15)14-18;1-4-7-14-15(5-2)22-20(17-8-6-11-28-17)24-19(14)23-16-10-9-13(21(25)26)12-18(16)27-3;1-3-6-16-17(4-2)23-21(18-7-5-12-27-18)24-20(16)22-15-10-8-14(9-11-15)13-19(25)26;1-3-6-15-16(4-2)22-19(17-7-5-12-26-17)23-18(15)21-14-10-8-13(9-11-14)20(24)25/h3,5,7-14H,1,4,6H2,2H3,(H,28,29)(H,25,26,27);4,6,8-12H,1,5,7H2,2-3H3,(H,25,26)(H,22,23,24);3,5,7-12H,1,4,6,13H2,2H3,(H,25,26)(H,22,23,24);3,5,7-12H,1,4,6H2,2H3,(H,24,25)(H,21,22,23). The van der Waals surface area contributed by atoms with Gasteiger partial charge in [0.25, 0.3) is 0 Å². The highest BCUT2D eigenvalue weighted by Crippen LogP contribution is 2.35. The number of nitrogens with one attached hydrogen (secondary N) is 4. The number of rotatable bonds is 30. The molecule has 5 aromatic carbocycles. The van der Waals surface area contributed by atoms with Crippen LogP contribution in [-0.4, -0.2) is 91.3 Å². The van der Waals surface area contributed by atoms with E-state index in [9.17, 15) is 29.4 Å². The van der Waals surface area contributed by atoms with Gasteiger partial charge in [0.2, 0.25) is 0 Å². The summed E-state index contributed by atoms with van der Waals surface area (Å²) in [6, 6.07) is 43.7. The molecule has 0 aliphatic carbocycles. The lowest BCUT2D eigenvalue weighted by Crippen LogP contribution is -2.08. The molecule has 13 rings (SSSR count). The number of nitrogens with zero attached hydrogens (tertiary/aromatic N) is 8. The number of aliphatic carboxylic acids is 1. The molecular weight excluding hydrogens is 1410 g/mol. The first-order valence-corrected chi connectivity index (χ1v) is 35.5. The van der Waals surface area contributed by atoms with Crippen molar-refractivity contribution >= 4 is 80.7 Å². The number of aryl methyl sites for hydroxylation is 4. The van der Waals surface area contributed by atoms with Gasteiger partial charge in [0.1, 0.15) is 29.0 Å². The van der Waals surface area contributed by atoms with E-state index in [1.165, 1.54) is 19.2 Å².